The maximum Gasteiger partial charge on any atom is 0.128 e. The number of nitrogens with one attached hydrogen (secondary N) is 1. The second-order valence-electron chi connectivity index (χ2n) is 5.66. The van der Waals surface area contributed by atoms with Gasteiger partial charge in [-0.3, -0.25) is 0 Å². The monoisotopic (exact) mass is 271 g/mol. The third-order valence-corrected chi connectivity index (χ3v) is 3.45. The van der Waals surface area contributed by atoms with Crippen molar-refractivity contribution in [2.24, 2.45) is 0 Å². The minimum absolute atomic E-state index is 0.143. The summed E-state index contributed by atoms with van der Waals surface area (Å²) in [5.41, 5.74) is 5.15. The van der Waals surface area contributed by atoms with Gasteiger partial charge in [0.2, 0.25) is 0 Å². The van der Waals surface area contributed by atoms with E-state index in [2.05, 4.69) is 51.2 Å². The lowest BCUT2D eigenvalue weighted by Crippen LogP contribution is -2.22. The first-order valence-electron chi connectivity index (χ1n) is 7.07. The topological polar surface area (TPSA) is 12.0 Å². The van der Waals surface area contributed by atoms with Gasteiger partial charge in [0.25, 0.3) is 0 Å². The van der Waals surface area contributed by atoms with Gasteiger partial charge >= 0.3 is 0 Å². The lowest BCUT2D eigenvalue weighted by molar-refractivity contribution is 0.553. The summed E-state index contributed by atoms with van der Waals surface area (Å²) in [6.45, 7) is 8.81. The molecule has 0 aromatic heterocycles. The first kappa shape index (κ1) is 14.7. The van der Waals surface area contributed by atoms with E-state index in [0.717, 1.165) is 11.1 Å². The zero-order chi connectivity index (χ0) is 14.7. The normalized spacial score (nSPS) is 11.1. The van der Waals surface area contributed by atoms with Crippen molar-refractivity contribution in [2.45, 2.75) is 40.3 Å². The molecule has 1 nitrogen and oxygen atoms in total. The summed E-state index contributed by atoms with van der Waals surface area (Å²) in [5, 5.41) is 3.24. The van der Waals surface area contributed by atoms with Crippen molar-refractivity contribution in [3.63, 3.8) is 0 Å². The zero-order valence-corrected chi connectivity index (χ0v) is 12.6. The van der Waals surface area contributed by atoms with Gasteiger partial charge in [-0.2, -0.15) is 0 Å². The predicted molar refractivity (Wildman–Crippen MR) is 83.3 cm³/mol. The molecule has 0 aliphatic rings. The van der Waals surface area contributed by atoms with E-state index < -0.39 is 0 Å². The average molecular weight is 271 g/mol. The molecule has 0 saturated heterocycles. The van der Waals surface area contributed by atoms with Crippen LogP contribution in [0.5, 0.6) is 0 Å². The largest absolute Gasteiger partial charge is 0.310 e. The molecular weight excluding hydrogens is 249 g/mol. The van der Waals surface area contributed by atoms with Crippen molar-refractivity contribution in [3.05, 3.63) is 58.9 Å². The average Bonchev–Trinajstić information content (AvgIpc) is 2.37. The first-order chi connectivity index (χ1) is 9.47. The number of hydrogen-bond acceptors (Lipinski definition) is 1. The van der Waals surface area contributed by atoms with Crippen LogP contribution in [0, 0.1) is 19.7 Å². The van der Waals surface area contributed by atoms with Crippen LogP contribution in [0.3, 0.4) is 0 Å². The molecule has 0 fully saturated rings. The summed E-state index contributed by atoms with van der Waals surface area (Å²) in [6, 6.07) is 12.1. The minimum atomic E-state index is -0.143. The molecule has 2 aromatic carbocycles. The highest BCUT2D eigenvalue weighted by atomic mass is 19.1. The molecule has 0 atom stereocenters. The van der Waals surface area contributed by atoms with E-state index in [1.807, 2.05) is 12.1 Å². The van der Waals surface area contributed by atoms with Gasteiger partial charge in [0.05, 0.1) is 0 Å². The SMILES string of the molecule is Cc1ccc(-c2ccc(CNC(C)C)c(F)c2)c(C)c1. The van der Waals surface area contributed by atoms with Crippen molar-refractivity contribution in [1.82, 2.24) is 5.32 Å². The molecule has 0 amide bonds. The number of benzene rings is 2. The Morgan fingerprint density at radius 1 is 1.05 bits per heavy atom. The summed E-state index contributed by atoms with van der Waals surface area (Å²) in [4.78, 5) is 0. The van der Waals surface area contributed by atoms with E-state index in [-0.39, 0.29) is 5.82 Å². The molecule has 0 unspecified atom stereocenters. The van der Waals surface area contributed by atoms with Crippen LogP contribution in [-0.2, 0) is 6.54 Å². The van der Waals surface area contributed by atoms with Crippen LogP contribution in [0.15, 0.2) is 36.4 Å². The summed E-state index contributed by atoms with van der Waals surface area (Å²) >= 11 is 0. The van der Waals surface area contributed by atoms with Crippen LogP contribution in [0.25, 0.3) is 11.1 Å². The third kappa shape index (κ3) is 3.45. The smallest absolute Gasteiger partial charge is 0.128 e. The Kier molecular flexibility index (Phi) is 4.56. The molecule has 0 spiro atoms. The van der Waals surface area contributed by atoms with E-state index in [9.17, 15) is 4.39 Å². The van der Waals surface area contributed by atoms with Crippen LogP contribution in [-0.4, -0.2) is 6.04 Å². The Labute approximate surface area is 120 Å². The van der Waals surface area contributed by atoms with Crippen molar-refractivity contribution in [1.29, 1.82) is 0 Å². The van der Waals surface area contributed by atoms with Gasteiger partial charge in [-0.15, -0.1) is 0 Å². The highest BCUT2D eigenvalue weighted by Crippen LogP contribution is 2.26. The maximum absolute atomic E-state index is 14.2. The van der Waals surface area contributed by atoms with Crippen LogP contribution >= 0.6 is 0 Å². The Hall–Kier alpha value is -1.67. The fraction of sp³-hybridized carbons (Fsp3) is 0.333. The van der Waals surface area contributed by atoms with Crippen LogP contribution in [0.2, 0.25) is 0 Å². The van der Waals surface area contributed by atoms with E-state index in [4.69, 9.17) is 0 Å². The Bertz CT molecular complexity index is 602. The molecular formula is C18H22FN. The molecule has 0 saturated carbocycles. The van der Waals surface area contributed by atoms with Crippen LogP contribution in [0.4, 0.5) is 4.39 Å². The lowest BCUT2D eigenvalue weighted by Gasteiger charge is -2.11. The number of rotatable bonds is 4. The summed E-state index contributed by atoms with van der Waals surface area (Å²) in [6.07, 6.45) is 0. The Morgan fingerprint density at radius 3 is 2.40 bits per heavy atom. The fourth-order valence-electron chi connectivity index (χ4n) is 2.31. The molecule has 0 bridgehead atoms. The number of halogens is 1. The molecule has 0 aliphatic carbocycles. The van der Waals surface area contributed by atoms with Crippen molar-refractivity contribution in [2.75, 3.05) is 0 Å². The van der Waals surface area contributed by atoms with Gasteiger partial charge in [-0.25, -0.2) is 4.39 Å². The molecule has 0 heterocycles. The van der Waals surface area contributed by atoms with Gasteiger partial charge < -0.3 is 5.32 Å². The summed E-state index contributed by atoms with van der Waals surface area (Å²) in [7, 11) is 0. The van der Waals surface area contributed by atoms with E-state index in [1.54, 1.807) is 6.07 Å². The predicted octanol–water partition coefficient (Wildman–Crippen LogP) is 4.61. The molecule has 2 aromatic rings. The quantitative estimate of drug-likeness (QED) is 0.856. The zero-order valence-electron chi connectivity index (χ0n) is 12.6. The Balaban J connectivity index is 2.28. The van der Waals surface area contributed by atoms with Crippen molar-refractivity contribution in [3.8, 4) is 11.1 Å². The van der Waals surface area contributed by atoms with Gasteiger partial charge in [0.15, 0.2) is 0 Å². The second kappa shape index (κ2) is 6.19. The lowest BCUT2D eigenvalue weighted by atomic mass is 9.97. The van der Waals surface area contributed by atoms with Gasteiger partial charge in [-0.1, -0.05) is 49.7 Å². The maximum atomic E-state index is 14.2. The molecule has 2 heteroatoms. The van der Waals surface area contributed by atoms with Gasteiger partial charge in [0, 0.05) is 18.2 Å². The van der Waals surface area contributed by atoms with Crippen LogP contribution < -0.4 is 5.32 Å². The highest BCUT2D eigenvalue weighted by Gasteiger charge is 2.07. The molecule has 20 heavy (non-hydrogen) atoms. The number of hydrogen-bond donors (Lipinski definition) is 1. The van der Waals surface area contributed by atoms with Crippen LogP contribution in [0.1, 0.15) is 30.5 Å². The van der Waals surface area contributed by atoms with Crippen molar-refractivity contribution >= 4 is 0 Å². The van der Waals surface area contributed by atoms with E-state index >= 15 is 0 Å². The summed E-state index contributed by atoms with van der Waals surface area (Å²) < 4.78 is 14.2. The number of aryl methyl sites for hydroxylation is 2. The molecule has 0 radical (unpaired) electrons. The van der Waals surface area contributed by atoms with Crippen molar-refractivity contribution < 1.29 is 4.39 Å². The first-order valence-corrected chi connectivity index (χ1v) is 7.07. The third-order valence-electron chi connectivity index (χ3n) is 3.45. The fourth-order valence-corrected chi connectivity index (χ4v) is 2.31. The molecule has 2 rings (SSSR count). The molecule has 0 aliphatic heterocycles. The second-order valence-corrected chi connectivity index (χ2v) is 5.66. The van der Waals surface area contributed by atoms with E-state index in [1.165, 1.54) is 11.1 Å². The van der Waals surface area contributed by atoms with E-state index in [0.29, 0.717) is 18.2 Å². The molecule has 1 N–H and O–H groups in total. The summed E-state index contributed by atoms with van der Waals surface area (Å²) in [5.74, 6) is -0.143. The highest BCUT2D eigenvalue weighted by molar-refractivity contribution is 5.68. The minimum Gasteiger partial charge on any atom is -0.310 e. The van der Waals surface area contributed by atoms with Gasteiger partial charge in [0.1, 0.15) is 5.82 Å². The van der Waals surface area contributed by atoms with Gasteiger partial charge in [-0.05, 0) is 36.6 Å². The Morgan fingerprint density at radius 2 is 1.80 bits per heavy atom. The molecule has 106 valence electrons. The standard InChI is InChI=1S/C18H22FN/c1-12(2)20-11-16-7-6-15(10-18(16)19)17-8-5-13(3)9-14(17)4/h5-10,12,20H,11H2,1-4H3.